The Kier molecular flexibility index (Phi) is 5.23. The van der Waals surface area contributed by atoms with Crippen LogP contribution in [0.1, 0.15) is 37.8 Å². The van der Waals surface area contributed by atoms with Gasteiger partial charge in [0.1, 0.15) is 5.82 Å². The summed E-state index contributed by atoms with van der Waals surface area (Å²) in [7, 11) is 0. The zero-order valence-electron chi connectivity index (χ0n) is 13.3. The highest BCUT2D eigenvalue weighted by Crippen LogP contribution is 2.27. The molecule has 2 fully saturated rings. The summed E-state index contributed by atoms with van der Waals surface area (Å²) in [4.78, 5) is 21.6. The number of aliphatic carboxylic acids is 1. The van der Waals surface area contributed by atoms with Gasteiger partial charge in [-0.05, 0) is 31.3 Å². The Morgan fingerprint density at radius 1 is 1.30 bits per heavy atom. The third kappa shape index (κ3) is 4.76. The first-order chi connectivity index (χ1) is 11.2. The predicted molar refractivity (Wildman–Crippen MR) is 89.1 cm³/mol. The highest BCUT2D eigenvalue weighted by molar-refractivity contribution is 5.84. The quantitative estimate of drug-likeness (QED) is 0.784. The number of rotatable bonds is 6. The minimum atomic E-state index is -0.984. The van der Waals surface area contributed by atoms with Gasteiger partial charge in [-0.15, -0.1) is 0 Å². The second-order valence-corrected chi connectivity index (χ2v) is 6.54. The summed E-state index contributed by atoms with van der Waals surface area (Å²) in [5, 5.41) is 12.0. The number of nitrogens with zero attached hydrogens (tertiary/aromatic N) is 3. The Hall–Kier alpha value is -1.95. The zero-order valence-corrected chi connectivity index (χ0v) is 13.3. The van der Waals surface area contributed by atoms with Crippen molar-refractivity contribution >= 4 is 17.9 Å². The minimum absolute atomic E-state index is 0.422. The molecule has 1 saturated carbocycles. The molecule has 1 saturated heterocycles. The second-order valence-electron chi connectivity index (χ2n) is 6.54. The molecule has 2 aliphatic rings. The smallest absolute Gasteiger partial charge is 0.328 e. The fourth-order valence-corrected chi connectivity index (χ4v) is 3.54. The van der Waals surface area contributed by atoms with Crippen molar-refractivity contribution in [1.82, 2.24) is 14.9 Å². The van der Waals surface area contributed by atoms with Crippen molar-refractivity contribution in [2.45, 2.75) is 38.1 Å². The third-order valence-corrected chi connectivity index (χ3v) is 4.68. The van der Waals surface area contributed by atoms with Crippen LogP contribution in [-0.4, -0.2) is 51.6 Å². The van der Waals surface area contributed by atoms with Crippen molar-refractivity contribution in [2.24, 2.45) is 5.92 Å². The average molecular weight is 316 g/mol. The van der Waals surface area contributed by atoms with Crippen LogP contribution in [0.5, 0.6) is 0 Å². The molecular weight excluding hydrogens is 292 g/mol. The molecule has 1 aliphatic carbocycles. The van der Waals surface area contributed by atoms with E-state index in [0.29, 0.717) is 11.7 Å². The van der Waals surface area contributed by atoms with Crippen molar-refractivity contribution in [3.8, 4) is 0 Å². The topological polar surface area (TPSA) is 78.3 Å². The number of nitrogens with one attached hydrogen (secondary N) is 1. The molecule has 1 atom stereocenters. The van der Waals surface area contributed by atoms with E-state index in [4.69, 9.17) is 5.11 Å². The Morgan fingerprint density at radius 2 is 2.13 bits per heavy atom. The van der Waals surface area contributed by atoms with Gasteiger partial charge in [0, 0.05) is 31.8 Å². The third-order valence-electron chi connectivity index (χ3n) is 4.68. The Bertz CT molecular complexity index is 552. The Morgan fingerprint density at radius 3 is 2.83 bits per heavy atom. The van der Waals surface area contributed by atoms with Gasteiger partial charge >= 0.3 is 5.97 Å². The molecule has 2 heterocycles. The lowest BCUT2D eigenvalue weighted by atomic mass is 10.1. The molecule has 0 bridgehead atoms. The molecule has 23 heavy (non-hydrogen) atoms. The number of carbonyl (C=O) groups is 1. The highest BCUT2D eigenvalue weighted by Gasteiger charge is 2.26. The molecule has 0 radical (unpaired) electrons. The maximum atomic E-state index is 10.5. The van der Waals surface area contributed by atoms with Gasteiger partial charge in [-0.25, -0.2) is 9.78 Å². The number of hydrogen-bond donors (Lipinski definition) is 2. The molecule has 124 valence electrons. The van der Waals surface area contributed by atoms with E-state index in [1.54, 1.807) is 12.4 Å². The van der Waals surface area contributed by atoms with Crippen LogP contribution in [0.2, 0.25) is 0 Å². The van der Waals surface area contributed by atoms with E-state index in [0.717, 1.165) is 37.3 Å². The Balaban J connectivity index is 1.47. The average Bonchev–Trinajstić information content (AvgIpc) is 3.19. The first-order valence-electron chi connectivity index (χ1n) is 8.41. The summed E-state index contributed by atoms with van der Waals surface area (Å²) in [6, 6.07) is 0.422. The highest BCUT2D eigenvalue weighted by atomic mass is 16.4. The monoisotopic (exact) mass is 316 g/mol. The zero-order chi connectivity index (χ0) is 16.1. The van der Waals surface area contributed by atoms with Crippen LogP contribution < -0.4 is 5.32 Å². The molecule has 2 N–H and O–H groups in total. The van der Waals surface area contributed by atoms with Crippen molar-refractivity contribution in [3.05, 3.63) is 24.2 Å². The number of hydrogen-bond acceptors (Lipinski definition) is 5. The summed E-state index contributed by atoms with van der Waals surface area (Å²) < 4.78 is 0. The van der Waals surface area contributed by atoms with E-state index in [1.165, 1.54) is 38.3 Å². The summed E-state index contributed by atoms with van der Waals surface area (Å²) >= 11 is 0. The van der Waals surface area contributed by atoms with Gasteiger partial charge in [-0.2, -0.15) is 0 Å². The molecular formula is C17H24N4O2. The summed E-state index contributed by atoms with van der Waals surface area (Å²) in [5.41, 5.74) is 0.548. The lowest BCUT2D eigenvalue weighted by Crippen LogP contribution is -2.30. The van der Waals surface area contributed by atoms with Crippen LogP contribution in [0.3, 0.4) is 0 Å². The number of likely N-dealkylation sites (tertiary alicyclic amines) is 1. The molecule has 6 nitrogen and oxygen atoms in total. The Labute approximate surface area is 136 Å². The molecule has 3 rings (SSSR count). The van der Waals surface area contributed by atoms with Crippen LogP contribution >= 0.6 is 0 Å². The van der Waals surface area contributed by atoms with Gasteiger partial charge in [0.15, 0.2) is 0 Å². The molecule has 1 aliphatic heterocycles. The number of carboxylic acid groups (broad SMARTS) is 1. The maximum Gasteiger partial charge on any atom is 0.328 e. The van der Waals surface area contributed by atoms with Gasteiger partial charge in [-0.3, -0.25) is 4.98 Å². The van der Waals surface area contributed by atoms with Crippen LogP contribution in [0.25, 0.3) is 6.08 Å². The molecule has 0 spiro atoms. The maximum absolute atomic E-state index is 10.5. The van der Waals surface area contributed by atoms with Gasteiger partial charge < -0.3 is 15.3 Å². The molecule has 0 aromatic carbocycles. The standard InChI is InChI=1S/C17H24N4O2/c22-17(23)6-5-14-9-19-16(10-18-14)20-15-7-8-21(12-15)11-13-3-1-2-4-13/h5-6,9-10,13,15H,1-4,7-8,11-12H2,(H,19,20)(H,22,23)/t15-/m1/s1. The summed E-state index contributed by atoms with van der Waals surface area (Å²) in [5.74, 6) is 0.668. The molecule has 1 aromatic rings. The van der Waals surface area contributed by atoms with E-state index >= 15 is 0 Å². The van der Waals surface area contributed by atoms with Crippen molar-refractivity contribution in [2.75, 3.05) is 25.0 Å². The van der Waals surface area contributed by atoms with Gasteiger partial charge in [0.05, 0.1) is 18.1 Å². The van der Waals surface area contributed by atoms with E-state index in [-0.39, 0.29) is 0 Å². The fraction of sp³-hybridized carbons (Fsp3) is 0.588. The van der Waals surface area contributed by atoms with Gasteiger partial charge in [0.2, 0.25) is 0 Å². The van der Waals surface area contributed by atoms with Gasteiger partial charge in [0.25, 0.3) is 0 Å². The van der Waals surface area contributed by atoms with Crippen molar-refractivity contribution in [3.63, 3.8) is 0 Å². The van der Waals surface area contributed by atoms with Crippen LogP contribution in [0.4, 0.5) is 5.82 Å². The van der Waals surface area contributed by atoms with E-state index in [2.05, 4.69) is 20.2 Å². The van der Waals surface area contributed by atoms with E-state index < -0.39 is 5.97 Å². The first-order valence-corrected chi connectivity index (χ1v) is 8.41. The van der Waals surface area contributed by atoms with Crippen molar-refractivity contribution < 1.29 is 9.90 Å². The molecule has 0 amide bonds. The van der Waals surface area contributed by atoms with Crippen LogP contribution in [0.15, 0.2) is 18.5 Å². The number of aromatic nitrogens is 2. The number of anilines is 1. The van der Waals surface area contributed by atoms with E-state index in [9.17, 15) is 4.79 Å². The fourth-order valence-electron chi connectivity index (χ4n) is 3.54. The molecule has 1 aromatic heterocycles. The lowest BCUT2D eigenvalue weighted by Gasteiger charge is -2.20. The minimum Gasteiger partial charge on any atom is -0.478 e. The van der Waals surface area contributed by atoms with Gasteiger partial charge in [-0.1, -0.05) is 12.8 Å². The van der Waals surface area contributed by atoms with Crippen LogP contribution in [0, 0.1) is 5.92 Å². The van der Waals surface area contributed by atoms with E-state index in [1.807, 2.05) is 0 Å². The summed E-state index contributed by atoms with van der Waals surface area (Å²) in [6.45, 7) is 3.46. The second kappa shape index (κ2) is 7.55. The molecule has 6 heteroatoms. The predicted octanol–water partition coefficient (Wildman–Crippen LogP) is 2.25. The largest absolute Gasteiger partial charge is 0.478 e. The summed E-state index contributed by atoms with van der Waals surface area (Å²) in [6.07, 6.45) is 12.5. The first kappa shape index (κ1) is 15.9. The van der Waals surface area contributed by atoms with Crippen LogP contribution in [-0.2, 0) is 4.79 Å². The number of carboxylic acids is 1. The SMILES string of the molecule is O=C(O)C=Cc1cnc(N[C@@H]2CCN(CC3CCCC3)C2)cn1. The van der Waals surface area contributed by atoms with Crippen molar-refractivity contribution in [1.29, 1.82) is 0 Å². The normalized spacial score (nSPS) is 22.9. The lowest BCUT2D eigenvalue weighted by molar-refractivity contribution is -0.131. The molecule has 0 unspecified atom stereocenters.